The molecule has 0 atom stereocenters. The molecular weight excluding hydrogens is 382 g/mol. The van der Waals surface area contributed by atoms with E-state index in [1.807, 2.05) is 0 Å². The molecule has 2 heterocycles. The molecule has 0 radical (unpaired) electrons. The van der Waals surface area contributed by atoms with Crippen molar-refractivity contribution in [3.05, 3.63) is 20.0 Å². The van der Waals surface area contributed by atoms with Gasteiger partial charge in [0.15, 0.2) is 0 Å². The van der Waals surface area contributed by atoms with Gasteiger partial charge >= 0.3 is 121 Å². The van der Waals surface area contributed by atoms with Crippen molar-refractivity contribution < 1.29 is 22.9 Å². The van der Waals surface area contributed by atoms with Gasteiger partial charge in [0.05, 0.1) is 0 Å². The van der Waals surface area contributed by atoms with E-state index >= 15 is 0 Å². The topological polar surface area (TPSA) is 69.7 Å². The number of hydrogen-bond acceptors (Lipinski definition) is 5. The predicted octanol–water partition coefficient (Wildman–Crippen LogP) is 0.696. The summed E-state index contributed by atoms with van der Waals surface area (Å²) in [7, 11) is 0. The standard InChI is InChI=1S/C12H14O5Se2/c1-3-16-11(13)9-7-5-19(15)6-8(7)10(18-9)12(14)17-4-2/h3-6H2,1-2H3. The van der Waals surface area contributed by atoms with Crippen molar-refractivity contribution in [2.75, 3.05) is 13.2 Å². The van der Waals surface area contributed by atoms with E-state index in [0.29, 0.717) is 32.7 Å². The van der Waals surface area contributed by atoms with Crippen molar-refractivity contribution in [3.8, 4) is 0 Å². The molecule has 5 nitrogen and oxygen atoms in total. The molecule has 1 aromatic heterocycles. The van der Waals surface area contributed by atoms with Crippen LogP contribution in [0.1, 0.15) is 43.4 Å². The molecule has 0 amide bonds. The third-order valence-electron chi connectivity index (χ3n) is 2.65. The second kappa shape index (κ2) is 6.14. The van der Waals surface area contributed by atoms with Gasteiger partial charge in [0, 0.05) is 0 Å². The molecule has 1 aromatic rings. The van der Waals surface area contributed by atoms with Gasteiger partial charge in [-0.15, -0.1) is 0 Å². The minimum atomic E-state index is -1.97. The molecular formula is C12H14O5Se2. The maximum absolute atomic E-state index is 11.9. The minimum absolute atomic E-state index is 0.298. The SMILES string of the molecule is CCOC(=O)c1[se]c(C(=O)OCC)c2c1C[Se](=O)C2. The molecule has 0 aliphatic carbocycles. The van der Waals surface area contributed by atoms with Crippen LogP contribution < -0.4 is 0 Å². The summed E-state index contributed by atoms with van der Waals surface area (Å²) in [5, 5.41) is 0.877. The molecule has 1 aliphatic heterocycles. The number of carbonyl (C=O) groups is 2. The van der Waals surface area contributed by atoms with Crippen LogP contribution in [0.5, 0.6) is 0 Å². The van der Waals surface area contributed by atoms with E-state index in [1.54, 1.807) is 13.8 Å². The summed E-state index contributed by atoms with van der Waals surface area (Å²) >= 11 is -2.35. The van der Waals surface area contributed by atoms with Gasteiger partial charge in [-0.1, -0.05) is 0 Å². The van der Waals surface area contributed by atoms with Gasteiger partial charge in [-0.3, -0.25) is 0 Å². The fourth-order valence-corrected chi connectivity index (χ4v) is 8.09. The zero-order valence-corrected chi connectivity index (χ0v) is 14.1. The molecule has 104 valence electrons. The third-order valence-corrected chi connectivity index (χ3v) is 7.80. The normalized spacial score (nSPS) is 14.2. The monoisotopic (exact) mass is 398 g/mol. The third kappa shape index (κ3) is 2.89. The van der Waals surface area contributed by atoms with Gasteiger partial charge in [0.1, 0.15) is 0 Å². The fraction of sp³-hybridized carbons (Fsp3) is 0.500. The Hall–Kier alpha value is -0.741. The van der Waals surface area contributed by atoms with Gasteiger partial charge in [-0.25, -0.2) is 0 Å². The molecule has 7 heteroatoms. The Morgan fingerprint density at radius 1 is 1.05 bits per heavy atom. The van der Waals surface area contributed by atoms with Crippen LogP contribution in [0.2, 0.25) is 0 Å². The summed E-state index contributed by atoms with van der Waals surface area (Å²) < 4.78 is 22.9. The summed E-state index contributed by atoms with van der Waals surface area (Å²) in [5.74, 6) is -0.759. The first-order chi connectivity index (χ1) is 9.08. The number of ether oxygens (including phenoxy) is 2. The van der Waals surface area contributed by atoms with Crippen molar-refractivity contribution in [1.29, 1.82) is 0 Å². The van der Waals surface area contributed by atoms with Crippen LogP contribution >= 0.6 is 0 Å². The van der Waals surface area contributed by atoms with Crippen LogP contribution in [-0.4, -0.2) is 53.5 Å². The number of fused-ring (bicyclic) bond motifs is 1. The first-order valence-electron chi connectivity index (χ1n) is 5.92. The second-order valence-electron chi connectivity index (χ2n) is 3.89. The van der Waals surface area contributed by atoms with Gasteiger partial charge in [0.2, 0.25) is 0 Å². The van der Waals surface area contributed by atoms with E-state index in [0.717, 1.165) is 11.1 Å². The maximum atomic E-state index is 11.9. The zero-order chi connectivity index (χ0) is 14.0. The quantitative estimate of drug-likeness (QED) is 0.554. The Kier molecular flexibility index (Phi) is 4.74. The molecule has 1 aliphatic rings. The van der Waals surface area contributed by atoms with Crippen LogP contribution in [-0.2, 0) is 23.9 Å². The molecule has 0 unspecified atom stereocenters. The Morgan fingerprint density at radius 2 is 1.47 bits per heavy atom. The zero-order valence-electron chi connectivity index (χ0n) is 10.7. The van der Waals surface area contributed by atoms with Gasteiger partial charge in [0.25, 0.3) is 0 Å². The number of carbonyl (C=O) groups excluding carboxylic acids is 2. The molecule has 0 aromatic carbocycles. The van der Waals surface area contributed by atoms with Crippen molar-refractivity contribution in [3.63, 3.8) is 0 Å². The second-order valence-corrected chi connectivity index (χ2v) is 9.09. The van der Waals surface area contributed by atoms with Gasteiger partial charge < -0.3 is 0 Å². The van der Waals surface area contributed by atoms with E-state index < -0.39 is 13.8 Å². The van der Waals surface area contributed by atoms with Gasteiger partial charge in [-0.05, 0) is 0 Å². The van der Waals surface area contributed by atoms with Crippen LogP contribution in [0.4, 0.5) is 0 Å². The van der Waals surface area contributed by atoms with Crippen molar-refractivity contribution >= 4 is 40.3 Å². The Balaban J connectivity index is 2.41. The average molecular weight is 396 g/mol. The summed E-state index contributed by atoms with van der Waals surface area (Å²) in [6.07, 6.45) is 0. The van der Waals surface area contributed by atoms with E-state index in [1.165, 1.54) is 0 Å². The predicted molar refractivity (Wildman–Crippen MR) is 69.1 cm³/mol. The molecule has 0 saturated heterocycles. The van der Waals surface area contributed by atoms with Crippen LogP contribution in [0.25, 0.3) is 0 Å². The van der Waals surface area contributed by atoms with Crippen LogP contribution in [0.3, 0.4) is 0 Å². The van der Waals surface area contributed by atoms with Crippen molar-refractivity contribution in [1.82, 2.24) is 0 Å². The number of rotatable bonds is 4. The van der Waals surface area contributed by atoms with Crippen molar-refractivity contribution in [2.45, 2.75) is 24.5 Å². The number of hydrogen-bond donors (Lipinski definition) is 0. The van der Waals surface area contributed by atoms with Crippen molar-refractivity contribution in [2.24, 2.45) is 0 Å². The molecule has 0 bridgehead atoms. The molecule has 2 rings (SSSR count). The molecule has 0 fully saturated rings. The summed E-state index contributed by atoms with van der Waals surface area (Å²) in [6.45, 7) is 4.08. The Labute approximate surface area is 121 Å². The first-order valence-corrected chi connectivity index (χ1v) is 10.8. The first kappa shape index (κ1) is 14.7. The van der Waals surface area contributed by atoms with Gasteiger partial charge in [-0.2, -0.15) is 0 Å². The molecule has 0 saturated carbocycles. The molecule has 0 spiro atoms. The Morgan fingerprint density at radius 3 is 1.84 bits per heavy atom. The van der Waals surface area contributed by atoms with Crippen LogP contribution in [0.15, 0.2) is 0 Å². The van der Waals surface area contributed by atoms with E-state index in [9.17, 15) is 13.4 Å². The summed E-state index contributed by atoms with van der Waals surface area (Å²) in [5.41, 5.74) is 1.59. The fourth-order valence-electron chi connectivity index (χ4n) is 1.90. The van der Waals surface area contributed by atoms with E-state index in [-0.39, 0.29) is 26.4 Å². The number of esters is 2. The summed E-state index contributed by atoms with van der Waals surface area (Å²) in [6, 6.07) is 0. The average Bonchev–Trinajstić information content (AvgIpc) is 2.86. The Bertz CT molecular complexity index is 502. The summed E-state index contributed by atoms with van der Waals surface area (Å²) in [4.78, 5) is 23.8. The van der Waals surface area contributed by atoms with Crippen LogP contribution in [0, 0.1) is 0 Å². The van der Waals surface area contributed by atoms with E-state index in [4.69, 9.17) is 9.47 Å². The molecule has 0 N–H and O–H groups in total. The molecule has 19 heavy (non-hydrogen) atoms. The van der Waals surface area contributed by atoms with E-state index in [2.05, 4.69) is 0 Å².